The number of nitrogens with zero attached hydrogens (tertiary/aromatic N) is 1. The van der Waals surface area contributed by atoms with Crippen molar-refractivity contribution >= 4 is 0 Å². The van der Waals surface area contributed by atoms with Gasteiger partial charge in [-0.25, -0.2) is 0 Å². The summed E-state index contributed by atoms with van der Waals surface area (Å²) in [6.45, 7) is 6.42. The zero-order valence-corrected chi connectivity index (χ0v) is 11.5. The van der Waals surface area contributed by atoms with E-state index in [2.05, 4.69) is 23.3 Å². The van der Waals surface area contributed by atoms with Gasteiger partial charge in [0.2, 0.25) is 0 Å². The summed E-state index contributed by atoms with van der Waals surface area (Å²) < 4.78 is 5.61. The minimum Gasteiger partial charge on any atom is -0.494 e. The maximum Gasteiger partial charge on any atom is 0.123 e. The molecule has 0 unspecified atom stereocenters. The van der Waals surface area contributed by atoms with Crippen LogP contribution in [0.15, 0.2) is 42.7 Å². The van der Waals surface area contributed by atoms with Gasteiger partial charge in [-0.2, -0.15) is 0 Å². The second-order valence-electron chi connectivity index (χ2n) is 4.45. The highest BCUT2D eigenvalue weighted by atomic mass is 16.5. The number of pyridine rings is 1. The summed E-state index contributed by atoms with van der Waals surface area (Å²) in [4.78, 5) is 4.15. The lowest BCUT2D eigenvalue weighted by Gasteiger charge is -2.11. The molecule has 0 saturated heterocycles. The van der Waals surface area contributed by atoms with Crippen molar-refractivity contribution in [2.75, 3.05) is 6.61 Å². The van der Waals surface area contributed by atoms with Crippen LogP contribution < -0.4 is 10.1 Å². The predicted octanol–water partition coefficient (Wildman–Crippen LogP) is 3.08. The van der Waals surface area contributed by atoms with Crippen LogP contribution in [0.3, 0.4) is 0 Å². The SMILES string of the molecule is CCOc1ccccc1CNCc1cnccc1C. The molecule has 1 N–H and O–H groups in total. The molecule has 2 aromatic rings. The van der Waals surface area contributed by atoms with Crippen molar-refractivity contribution in [1.82, 2.24) is 10.3 Å². The summed E-state index contributed by atoms with van der Waals surface area (Å²) in [6.07, 6.45) is 3.74. The molecule has 0 aliphatic rings. The van der Waals surface area contributed by atoms with E-state index in [1.165, 1.54) is 16.7 Å². The van der Waals surface area contributed by atoms with Crippen LogP contribution in [0.4, 0.5) is 0 Å². The molecule has 1 aromatic heterocycles. The number of nitrogens with one attached hydrogen (secondary N) is 1. The molecule has 3 heteroatoms. The maximum atomic E-state index is 5.61. The lowest BCUT2D eigenvalue weighted by molar-refractivity contribution is 0.335. The second kappa shape index (κ2) is 6.90. The lowest BCUT2D eigenvalue weighted by Crippen LogP contribution is -2.14. The Labute approximate surface area is 114 Å². The fourth-order valence-corrected chi connectivity index (χ4v) is 1.96. The van der Waals surface area contributed by atoms with E-state index in [1.807, 2.05) is 43.6 Å². The van der Waals surface area contributed by atoms with Crippen LogP contribution in [-0.2, 0) is 13.1 Å². The molecule has 1 aromatic carbocycles. The van der Waals surface area contributed by atoms with Gasteiger partial charge >= 0.3 is 0 Å². The third-order valence-corrected chi connectivity index (χ3v) is 3.05. The second-order valence-corrected chi connectivity index (χ2v) is 4.45. The molecular formula is C16H20N2O. The molecule has 0 aliphatic carbocycles. The molecule has 0 fully saturated rings. The summed E-state index contributed by atoms with van der Waals surface area (Å²) in [5.74, 6) is 0.959. The van der Waals surface area contributed by atoms with Crippen LogP contribution in [0, 0.1) is 6.92 Å². The van der Waals surface area contributed by atoms with Crippen molar-refractivity contribution in [1.29, 1.82) is 0 Å². The fraction of sp³-hybridized carbons (Fsp3) is 0.312. The van der Waals surface area contributed by atoms with Crippen molar-refractivity contribution in [3.63, 3.8) is 0 Å². The van der Waals surface area contributed by atoms with Crippen molar-refractivity contribution < 1.29 is 4.74 Å². The highest BCUT2D eigenvalue weighted by Gasteiger charge is 2.02. The van der Waals surface area contributed by atoms with Crippen molar-refractivity contribution in [3.8, 4) is 5.75 Å². The van der Waals surface area contributed by atoms with E-state index >= 15 is 0 Å². The van der Waals surface area contributed by atoms with Crippen molar-refractivity contribution in [2.45, 2.75) is 26.9 Å². The molecule has 0 atom stereocenters. The monoisotopic (exact) mass is 256 g/mol. The summed E-state index contributed by atoms with van der Waals surface area (Å²) in [7, 11) is 0. The molecule has 0 saturated carbocycles. The number of aryl methyl sites for hydroxylation is 1. The smallest absolute Gasteiger partial charge is 0.123 e. The van der Waals surface area contributed by atoms with Gasteiger partial charge in [0, 0.05) is 31.0 Å². The van der Waals surface area contributed by atoms with E-state index in [4.69, 9.17) is 4.74 Å². The largest absolute Gasteiger partial charge is 0.494 e. The predicted molar refractivity (Wildman–Crippen MR) is 77.1 cm³/mol. The summed E-state index contributed by atoms with van der Waals surface area (Å²) in [5.41, 5.74) is 3.68. The van der Waals surface area contributed by atoms with Crippen molar-refractivity contribution in [3.05, 3.63) is 59.4 Å². The van der Waals surface area contributed by atoms with E-state index in [0.717, 1.165) is 18.8 Å². The third kappa shape index (κ3) is 3.80. The Hall–Kier alpha value is -1.87. The molecule has 19 heavy (non-hydrogen) atoms. The Morgan fingerprint density at radius 3 is 2.68 bits per heavy atom. The van der Waals surface area contributed by atoms with Crippen LogP contribution in [0.25, 0.3) is 0 Å². The van der Waals surface area contributed by atoms with E-state index in [-0.39, 0.29) is 0 Å². The highest BCUT2D eigenvalue weighted by Crippen LogP contribution is 2.17. The van der Waals surface area contributed by atoms with Gasteiger partial charge in [-0.3, -0.25) is 4.98 Å². The van der Waals surface area contributed by atoms with Crippen molar-refractivity contribution in [2.24, 2.45) is 0 Å². The van der Waals surface area contributed by atoms with Crippen LogP contribution in [0.5, 0.6) is 5.75 Å². The summed E-state index contributed by atoms with van der Waals surface area (Å²) in [5, 5.41) is 3.44. The highest BCUT2D eigenvalue weighted by molar-refractivity contribution is 5.33. The summed E-state index contributed by atoms with van der Waals surface area (Å²) >= 11 is 0. The van der Waals surface area contributed by atoms with Gasteiger partial charge in [0.15, 0.2) is 0 Å². The molecule has 0 spiro atoms. The Balaban J connectivity index is 1.94. The Bertz CT molecular complexity index is 526. The van der Waals surface area contributed by atoms with Crippen LogP contribution in [0.2, 0.25) is 0 Å². The van der Waals surface area contributed by atoms with Gasteiger partial charge in [-0.15, -0.1) is 0 Å². The standard InChI is InChI=1S/C16H20N2O/c1-3-19-16-7-5-4-6-14(16)10-18-12-15-11-17-9-8-13(15)2/h4-9,11,18H,3,10,12H2,1-2H3. The Kier molecular flexibility index (Phi) is 4.93. The van der Waals surface area contributed by atoms with Crippen LogP contribution in [0.1, 0.15) is 23.6 Å². The van der Waals surface area contributed by atoms with Gasteiger partial charge in [0.1, 0.15) is 5.75 Å². The first-order valence-electron chi connectivity index (χ1n) is 6.62. The first-order chi connectivity index (χ1) is 9.31. The zero-order chi connectivity index (χ0) is 13.5. The minimum atomic E-state index is 0.693. The quantitative estimate of drug-likeness (QED) is 0.862. The lowest BCUT2D eigenvalue weighted by atomic mass is 10.1. The molecule has 0 bridgehead atoms. The van der Waals surface area contributed by atoms with E-state index < -0.39 is 0 Å². The van der Waals surface area contributed by atoms with Gasteiger partial charge in [-0.05, 0) is 37.1 Å². The molecule has 2 rings (SSSR count). The van der Waals surface area contributed by atoms with Gasteiger partial charge in [0.25, 0.3) is 0 Å². The normalized spacial score (nSPS) is 10.4. The number of hydrogen-bond donors (Lipinski definition) is 1. The maximum absolute atomic E-state index is 5.61. The Morgan fingerprint density at radius 2 is 1.89 bits per heavy atom. The number of aromatic nitrogens is 1. The molecule has 100 valence electrons. The summed E-state index contributed by atoms with van der Waals surface area (Å²) in [6, 6.07) is 10.2. The zero-order valence-electron chi connectivity index (χ0n) is 11.5. The molecular weight excluding hydrogens is 236 g/mol. The fourth-order valence-electron chi connectivity index (χ4n) is 1.96. The van der Waals surface area contributed by atoms with Crippen LogP contribution >= 0.6 is 0 Å². The van der Waals surface area contributed by atoms with Gasteiger partial charge < -0.3 is 10.1 Å². The Morgan fingerprint density at radius 1 is 1.11 bits per heavy atom. The first-order valence-corrected chi connectivity index (χ1v) is 6.62. The minimum absolute atomic E-state index is 0.693. The number of rotatable bonds is 6. The van der Waals surface area contributed by atoms with E-state index in [9.17, 15) is 0 Å². The first kappa shape index (κ1) is 13.6. The van der Waals surface area contributed by atoms with Crippen LogP contribution in [-0.4, -0.2) is 11.6 Å². The molecule has 3 nitrogen and oxygen atoms in total. The molecule has 0 radical (unpaired) electrons. The number of para-hydroxylation sites is 1. The molecule has 1 heterocycles. The van der Waals surface area contributed by atoms with E-state index in [0.29, 0.717) is 6.61 Å². The van der Waals surface area contributed by atoms with E-state index in [1.54, 1.807) is 0 Å². The van der Waals surface area contributed by atoms with Gasteiger partial charge in [-0.1, -0.05) is 18.2 Å². The third-order valence-electron chi connectivity index (χ3n) is 3.05. The van der Waals surface area contributed by atoms with Gasteiger partial charge in [0.05, 0.1) is 6.61 Å². The number of ether oxygens (including phenoxy) is 1. The number of benzene rings is 1. The number of hydrogen-bond acceptors (Lipinski definition) is 3. The molecule has 0 aliphatic heterocycles. The topological polar surface area (TPSA) is 34.1 Å². The average Bonchev–Trinajstić information content (AvgIpc) is 2.43. The molecule has 0 amide bonds. The average molecular weight is 256 g/mol.